The number of nitrogens with zero attached hydrogens (tertiary/aromatic N) is 2. The van der Waals surface area contributed by atoms with E-state index in [-0.39, 0.29) is 11.3 Å². The quantitative estimate of drug-likeness (QED) is 0.485. The highest BCUT2D eigenvalue weighted by atomic mass is 16.5. The lowest BCUT2D eigenvalue weighted by Gasteiger charge is -2.31. The van der Waals surface area contributed by atoms with Crippen molar-refractivity contribution in [3.8, 4) is 0 Å². The SMILES string of the molecule is C=C(C(C)C=O)n1nc(C2(C)CCOCC2)cc1NN. The van der Waals surface area contributed by atoms with E-state index in [1.54, 1.807) is 11.6 Å². The van der Waals surface area contributed by atoms with Gasteiger partial charge in [0.25, 0.3) is 0 Å². The fraction of sp³-hybridized carbons (Fsp3) is 0.571. The topological polar surface area (TPSA) is 82.2 Å². The van der Waals surface area contributed by atoms with Crippen LogP contribution in [-0.2, 0) is 14.9 Å². The lowest BCUT2D eigenvalue weighted by molar-refractivity contribution is -0.109. The van der Waals surface area contributed by atoms with E-state index in [9.17, 15) is 4.79 Å². The second-order valence-electron chi connectivity index (χ2n) is 5.56. The fourth-order valence-corrected chi connectivity index (χ4v) is 2.35. The number of nitrogen functional groups attached to an aromatic ring is 1. The first-order chi connectivity index (χ1) is 9.51. The minimum Gasteiger partial charge on any atom is -0.381 e. The standard InChI is InChI=1S/C14H22N4O2/c1-10(9-19)11(2)18-13(16-15)8-12(17-18)14(3)4-6-20-7-5-14/h8-10,16H,2,4-7,15H2,1,3H3. The van der Waals surface area contributed by atoms with Gasteiger partial charge in [-0.15, -0.1) is 0 Å². The van der Waals surface area contributed by atoms with Crippen molar-refractivity contribution in [1.29, 1.82) is 0 Å². The summed E-state index contributed by atoms with van der Waals surface area (Å²) >= 11 is 0. The van der Waals surface area contributed by atoms with Gasteiger partial charge in [-0.25, -0.2) is 10.5 Å². The van der Waals surface area contributed by atoms with Gasteiger partial charge in [0.1, 0.15) is 12.1 Å². The maximum Gasteiger partial charge on any atom is 0.143 e. The molecule has 1 aromatic heterocycles. The first kappa shape index (κ1) is 14.7. The van der Waals surface area contributed by atoms with Crippen molar-refractivity contribution in [1.82, 2.24) is 9.78 Å². The van der Waals surface area contributed by atoms with Crippen LogP contribution in [0.3, 0.4) is 0 Å². The molecule has 1 aliphatic heterocycles. The Morgan fingerprint density at radius 2 is 2.30 bits per heavy atom. The summed E-state index contributed by atoms with van der Waals surface area (Å²) in [5, 5.41) is 4.61. The van der Waals surface area contributed by atoms with Gasteiger partial charge < -0.3 is 15.0 Å². The zero-order chi connectivity index (χ0) is 14.8. The van der Waals surface area contributed by atoms with Crippen LogP contribution in [0.4, 0.5) is 5.82 Å². The lowest BCUT2D eigenvalue weighted by atomic mass is 9.79. The molecule has 2 rings (SSSR count). The molecule has 1 atom stereocenters. The maximum absolute atomic E-state index is 10.9. The van der Waals surface area contributed by atoms with Gasteiger partial charge in [0, 0.05) is 30.4 Å². The van der Waals surface area contributed by atoms with Gasteiger partial charge in [0.2, 0.25) is 0 Å². The molecule has 0 amide bonds. The number of ether oxygens (including phenoxy) is 1. The van der Waals surface area contributed by atoms with Crippen molar-refractivity contribution in [2.24, 2.45) is 11.8 Å². The van der Waals surface area contributed by atoms with Crippen LogP contribution in [-0.4, -0.2) is 29.3 Å². The van der Waals surface area contributed by atoms with Crippen LogP contribution in [0.1, 0.15) is 32.4 Å². The third-order valence-electron chi connectivity index (χ3n) is 4.07. The number of hydrogen-bond donors (Lipinski definition) is 2. The summed E-state index contributed by atoms with van der Waals surface area (Å²) in [6.07, 6.45) is 2.69. The number of hydrazine groups is 1. The predicted molar refractivity (Wildman–Crippen MR) is 78.0 cm³/mol. The fourth-order valence-electron chi connectivity index (χ4n) is 2.35. The monoisotopic (exact) mass is 278 g/mol. The van der Waals surface area contributed by atoms with E-state index in [0.717, 1.165) is 38.0 Å². The number of rotatable bonds is 5. The summed E-state index contributed by atoms with van der Waals surface area (Å²) in [5.74, 6) is 5.89. The molecule has 3 N–H and O–H groups in total. The smallest absolute Gasteiger partial charge is 0.143 e. The highest BCUT2D eigenvalue weighted by Crippen LogP contribution is 2.35. The second-order valence-corrected chi connectivity index (χ2v) is 5.56. The van der Waals surface area contributed by atoms with Crippen LogP contribution in [0.15, 0.2) is 12.6 Å². The molecule has 1 aliphatic rings. The molecule has 0 radical (unpaired) electrons. The molecule has 0 spiro atoms. The van der Waals surface area contributed by atoms with E-state index in [1.807, 2.05) is 6.07 Å². The highest BCUT2D eigenvalue weighted by molar-refractivity contribution is 5.71. The first-order valence-electron chi connectivity index (χ1n) is 6.81. The molecular formula is C14H22N4O2. The molecule has 0 aromatic carbocycles. The normalized spacial score (nSPS) is 19.4. The van der Waals surface area contributed by atoms with Crippen LogP contribution >= 0.6 is 0 Å². The number of carbonyl (C=O) groups excluding carboxylic acids is 1. The maximum atomic E-state index is 10.9. The Kier molecular flexibility index (Phi) is 4.25. The van der Waals surface area contributed by atoms with Crippen LogP contribution in [0.5, 0.6) is 0 Å². The van der Waals surface area contributed by atoms with Crippen molar-refractivity contribution >= 4 is 17.8 Å². The van der Waals surface area contributed by atoms with Crippen molar-refractivity contribution in [2.45, 2.75) is 32.1 Å². The average molecular weight is 278 g/mol. The van der Waals surface area contributed by atoms with E-state index >= 15 is 0 Å². The Hall–Kier alpha value is -1.66. The van der Waals surface area contributed by atoms with Crippen LogP contribution in [0.2, 0.25) is 0 Å². The Bertz CT molecular complexity index is 503. The number of carbonyl (C=O) groups is 1. The van der Waals surface area contributed by atoms with Gasteiger partial charge in [0.15, 0.2) is 0 Å². The summed E-state index contributed by atoms with van der Waals surface area (Å²) < 4.78 is 7.03. The van der Waals surface area contributed by atoms with Gasteiger partial charge in [0.05, 0.1) is 11.6 Å². The Morgan fingerprint density at radius 3 is 2.85 bits per heavy atom. The first-order valence-corrected chi connectivity index (χ1v) is 6.81. The van der Waals surface area contributed by atoms with Gasteiger partial charge in [-0.2, -0.15) is 5.10 Å². The second kappa shape index (κ2) is 5.76. The molecule has 6 heteroatoms. The molecule has 0 bridgehead atoms. The van der Waals surface area contributed by atoms with E-state index in [1.165, 1.54) is 0 Å². The molecule has 20 heavy (non-hydrogen) atoms. The third-order valence-corrected chi connectivity index (χ3v) is 4.07. The summed E-state index contributed by atoms with van der Waals surface area (Å²) in [6.45, 7) is 9.37. The summed E-state index contributed by atoms with van der Waals surface area (Å²) in [6, 6.07) is 1.92. The molecule has 110 valence electrons. The molecule has 0 aliphatic carbocycles. The molecule has 0 saturated carbocycles. The zero-order valence-electron chi connectivity index (χ0n) is 12.1. The van der Waals surface area contributed by atoms with E-state index in [4.69, 9.17) is 10.6 Å². The van der Waals surface area contributed by atoms with Crippen molar-refractivity contribution in [3.05, 3.63) is 18.3 Å². The number of aldehydes is 1. The van der Waals surface area contributed by atoms with Gasteiger partial charge in [-0.1, -0.05) is 20.4 Å². The van der Waals surface area contributed by atoms with Crippen molar-refractivity contribution in [2.75, 3.05) is 18.6 Å². The van der Waals surface area contributed by atoms with Gasteiger partial charge >= 0.3 is 0 Å². The molecule has 6 nitrogen and oxygen atoms in total. The Labute approximate surface area is 118 Å². The number of aromatic nitrogens is 2. The zero-order valence-corrected chi connectivity index (χ0v) is 12.1. The van der Waals surface area contributed by atoms with Crippen molar-refractivity contribution in [3.63, 3.8) is 0 Å². The van der Waals surface area contributed by atoms with Gasteiger partial charge in [-0.3, -0.25) is 0 Å². The number of nitrogens with two attached hydrogens (primary N) is 1. The third kappa shape index (κ3) is 2.62. The average Bonchev–Trinajstić information content (AvgIpc) is 2.91. The van der Waals surface area contributed by atoms with E-state index < -0.39 is 0 Å². The number of anilines is 1. The minimum atomic E-state index is -0.308. The van der Waals surface area contributed by atoms with E-state index in [0.29, 0.717) is 11.5 Å². The minimum absolute atomic E-state index is 0.0280. The van der Waals surface area contributed by atoms with Crippen LogP contribution < -0.4 is 11.3 Å². The Balaban J connectivity index is 2.35. The molecule has 1 unspecified atom stereocenters. The molecule has 1 saturated heterocycles. The van der Waals surface area contributed by atoms with Gasteiger partial charge in [-0.05, 0) is 12.8 Å². The van der Waals surface area contributed by atoms with E-state index in [2.05, 4.69) is 24.0 Å². The molecule has 2 heterocycles. The summed E-state index contributed by atoms with van der Waals surface area (Å²) in [4.78, 5) is 10.9. The van der Waals surface area contributed by atoms with Crippen molar-refractivity contribution < 1.29 is 9.53 Å². The van der Waals surface area contributed by atoms with Crippen LogP contribution in [0.25, 0.3) is 5.70 Å². The summed E-state index contributed by atoms with van der Waals surface area (Å²) in [7, 11) is 0. The number of hydrogen-bond acceptors (Lipinski definition) is 5. The van der Waals surface area contributed by atoms with Crippen LogP contribution in [0, 0.1) is 5.92 Å². The molecule has 1 aromatic rings. The lowest BCUT2D eigenvalue weighted by Crippen LogP contribution is -2.31. The molecule has 1 fully saturated rings. The molecular weight excluding hydrogens is 256 g/mol. The predicted octanol–water partition coefficient (Wildman–Crippen LogP) is 1.54. The number of allylic oxidation sites excluding steroid dienone is 1. The summed E-state index contributed by atoms with van der Waals surface area (Å²) in [5.41, 5.74) is 4.15. The number of nitrogens with one attached hydrogen (secondary N) is 1. The Morgan fingerprint density at radius 1 is 1.65 bits per heavy atom. The highest BCUT2D eigenvalue weighted by Gasteiger charge is 2.33. The largest absolute Gasteiger partial charge is 0.381 e.